The maximum absolute atomic E-state index is 12.4. The van der Waals surface area contributed by atoms with E-state index in [4.69, 9.17) is 23.7 Å². The Balaban J connectivity index is 1.38. The van der Waals surface area contributed by atoms with E-state index in [2.05, 4.69) is 0 Å². The first-order valence-corrected chi connectivity index (χ1v) is 9.62. The first-order chi connectivity index (χ1) is 14.6. The summed E-state index contributed by atoms with van der Waals surface area (Å²) in [6, 6.07) is 9.36. The lowest BCUT2D eigenvalue weighted by atomic mass is 10.1. The maximum atomic E-state index is 12.4. The lowest BCUT2D eigenvalue weighted by Crippen LogP contribution is -2.16. The third kappa shape index (κ3) is 4.69. The van der Waals surface area contributed by atoms with E-state index in [1.807, 2.05) is 0 Å². The highest BCUT2D eigenvalue weighted by molar-refractivity contribution is 5.89. The molecular weight excluding hydrogens is 394 g/mol. The van der Waals surface area contributed by atoms with Crippen molar-refractivity contribution >= 4 is 11.7 Å². The van der Waals surface area contributed by atoms with E-state index >= 15 is 0 Å². The summed E-state index contributed by atoms with van der Waals surface area (Å²) in [7, 11) is 0. The molecule has 2 aromatic rings. The molecule has 158 valence electrons. The van der Waals surface area contributed by atoms with Gasteiger partial charge in [0.2, 0.25) is 0 Å². The van der Waals surface area contributed by atoms with Crippen molar-refractivity contribution in [2.24, 2.45) is 0 Å². The topological polar surface area (TPSA) is 106 Å². The number of nitro benzene ring substituents is 1. The standard InChI is InChI=1S/C21H21NO8/c23-21(14-3-5-18(6-4-14)28-12-19-2-1-7-27-19)29-11-16-9-17(22(24)25)8-15-10-26-13-30-20(15)16/h3-6,8-9,19H,1-2,7,10-13H2/t19-/m1/s1. The van der Waals surface area contributed by atoms with Crippen molar-refractivity contribution in [2.45, 2.75) is 32.2 Å². The number of ether oxygens (including phenoxy) is 5. The van der Waals surface area contributed by atoms with E-state index in [-0.39, 0.29) is 31.8 Å². The molecule has 9 nitrogen and oxygen atoms in total. The fraction of sp³-hybridized carbons (Fsp3) is 0.381. The number of carbonyl (C=O) groups excluding carboxylic acids is 1. The van der Waals surface area contributed by atoms with E-state index in [0.29, 0.717) is 34.8 Å². The lowest BCUT2D eigenvalue weighted by Gasteiger charge is -2.20. The minimum absolute atomic E-state index is 0.0408. The van der Waals surface area contributed by atoms with E-state index in [1.165, 1.54) is 12.1 Å². The van der Waals surface area contributed by atoms with Gasteiger partial charge in [-0.3, -0.25) is 10.1 Å². The molecule has 0 aliphatic carbocycles. The molecule has 1 atom stereocenters. The van der Waals surface area contributed by atoms with Gasteiger partial charge in [0.1, 0.15) is 24.7 Å². The zero-order valence-corrected chi connectivity index (χ0v) is 16.2. The molecule has 0 amide bonds. The number of hydrogen-bond acceptors (Lipinski definition) is 8. The molecular formula is C21H21NO8. The van der Waals surface area contributed by atoms with Crippen molar-refractivity contribution in [3.63, 3.8) is 0 Å². The minimum atomic E-state index is -0.548. The van der Waals surface area contributed by atoms with Crippen molar-refractivity contribution in [1.82, 2.24) is 0 Å². The minimum Gasteiger partial charge on any atom is -0.491 e. The Hall–Kier alpha value is -3.17. The van der Waals surface area contributed by atoms with Gasteiger partial charge in [-0.1, -0.05) is 0 Å². The Morgan fingerprint density at radius 2 is 2.07 bits per heavy atom. The Morgan fingerprint density at radius 1 is 1.23 bits per heavy atom. The van der Waals surface area contributed by atoms with Crippen LogP contribution in [0.3, 0.4) is 0 Å². The molecule has 4 rings (SSSR count). The maximum Gasteiger partial charge on any atom is 0.338 e. The summed E-state index contributed by atoms with van der Waals surface area (Å²) in [5.74, 6) is 0.550. The van der Waals surface area contributed by atoms with E-state index in [0.717, 1.165) is 19.4 Å². The SMILES string of the molecule is O=C(OCc1cc([N+](=O)[O-])cc2c1OCOC2)c1ccc(OC[C@H]2CCCO2)cc1. The number of hydrogen-bond donors (Lipinski definition) is 0. The summed E-state index contributed by atoms with van der Waals surface area (Å²) in [6.07, 6.45) is 2.15. The van der Waals surface area contributed by atoms with Gasteiger partial charge in [-0.25, -0.2) is 4.79 Å². The predicted molar refractivity (Wildman–Crippen MR) is 103 cm³/mol. The van der Waals surface area contributed by atoms with Crippen LogP contribution < -0.4 is 9.47 Å². The van der Waals surface area contributed by atoms with Gasteiger partial charge in [0.05, 0.1) is 23.2 Å². The second-order valence-electron chi connectivity index (χ2n) is 7.01. The van der Waals surface area contributed by atoms with E-state index in [1.54, 1.807) is 24.3 Å². The Bertz CT molecular complexity index is 921. The third-order valence-electron chi connectivity index (χ3n) is 4.89. The van der Waals surface area contributed by atoms with Gasteiger partial charge in [0.15, 0.2) is 6.79 Å². The molecule has 2 aliphatic heterocycles. The highest BCUT2D eigenvalue weighted by Gasteiger charge is 2.22. The van der Waals surface area contributed by atoms with Crippen molar-refractivity contribution in [1.29, 1.82) is 0 Å². The largest absolute Gasteiger partial charge is 0.491 e. The molecule has 0 radical (unpaired) electrons. The molecule has 0 saturated carbocycles. The van der Waals surface area contributed by atoms with Crippen molar-refractivity contribution in [3.8, 4) is 11.5 Å². The van der Waals surface area contributed by atoms with Gasteiger partial charge < -0.3 is 23.7 Å². The molecule has 0 aromatic heterocycles. The fourth-order valence-electron chi connectivity index (χ4n) is 3.37. The summed E-state index contributed by atoms with van der Waals surface area (Å²) < 4.78 is 27.2. The number of nitrogens with zero attached hydrogens (tertiary/aromatic N) is 1. The zero-order chi connectivity index (χ0) is 20.9. The highest BCUT2D eigenvalue weighted by Crippen LogP contribution is 2.33. The quantitative estimate of drug-likeness (QED) is 0.385. The molecule has 0 bridgehead atoms. The molecule has 1 fully saturated rings. The first kappa shape index (κ1) is 20.1. The van der Waals surface area contributed by atoms with Crippen LogP contribution in [0, 0.1) is 10.1 Å². The molecule has 1 saturated heterocycles. The zero-order valence-electron chi connectivity index (χ0n) is 16.2. The van der Waals surface area contributed by atoms with Gasteiger partial charge in [-0.15, -0.1) is 0 Å². The summed E-state index contributed by atoms with van der Waals surface area (Å²) >= 11 is 0. The van der Waals surface area contributed by atoms with Crippen molar-refractivity contribution in [3.05, 3.63) is 63.2 Å². The van der Waals surface area contributed by atoms with Crippen LogP contribution in [0.25, 0.3) is 0 Å². The average molecular weight is 415 g/mol. The number of nitro groups is 1. The average Bonchev–Trinajstić information content (AvgIpc) is 3.29. The fourth-order valence-corrected chi connectivity index (χ4v) is 3.37. The van der Waals surface area contributed by atoms with Gasteiger partial charge >= 0.3 is 5.97 Å². The number of benzene rings is 2. The van der Waals surface area contributed by atoms with Crippen LogP contribution in [0.1, 0.15) is 34.3 Å². The van der Waals surface area contributed by atoms with Crippen molar-refractivity contribution < 1.29 is 33.4 Å². The van der Waals surface area contributed by atoms with Crippen molar-refractivity contribution in [2.75, 3.05) is 20.0 Å². The molecule has 0 spiro atoms. The number of carbonyl (C=O) groups is 1. The second kappa shape index (κ2) is 9.10. The van der Waals surface area contributed by atoms with Crippen LogP contribution in [0.4, 0.5) is 5.69 Å². The monoisotopic (exact) mass is 415 g/mol. The van der Waals surface area contributed by atoms with E-state index in [9.17, 15) is 14.9 Å². The molecule has 9 heteroatoms. The summed E-state index contributed by atoms with van der Waals surface area (Å²) in [5, 5.41) is 11.2. The summed E-state index contributed by atoms with van der Waals surface area (Å²) in [6.45, 7) is 1.33. The Labute approximate surface area is 172 Å². The number of non-ortho nitro benzene ring substituents is 1. The molecule has 2 aliphatic rings. The van der Waals surface area contributed by atoms with Gasteiger partial charge in [-0.05, 0) is 37.1 Å². The van der Waals surface area contributed by atoms with Crippen LogP contribution in [0.2, 0.25) is 0 Å². The molecule has 0 N–H and O–H groups in total. The van der Waals surface area contributed by atoms with Crippen LogP contribution in [-0.4, -0.2) is 37.0 Å². The Kier molecular flexibility index (Phi) is 6.10. The van der Waals surface area contributed by atoms with Gasteiger partial charge in [0, 0.05) is 29.9 Å². The highest BCUT2D eigenvalue weighted by atomic mass is 16.7. The Morgan fingerprint density at radius 3 is 2.80 bits per heavy atom. The molecule has 2 heterocycles. The van der Waals surface area contributed by atoms with Crippen LogP contribution >= 0.6 is 0 Å². The summed E-state index contributed by atoms with van der Waals surface area (Å²) in [5.41, 5.74) is 1.21. The van der Waals surface area contributed by atoms with Crippen LogP contribution in [0.5, 0.6) is 11.5 Å². The molecule has 0 unspecified atom stereocenters. The first-order valence-electron chi connectivity index (χ1n) is 9.62. The second-order valence-corrected chi connectivity index (χ2v) is 7.01. The molecule has 2 aromatic carbocycles. The van der Waals surface area contributed by atoms with Crippen LogP contribution in [-0.2, 0) is 27.4 Å². The molecule has 30 heavy (non-hydrogen) atoms. The van der Waals surface area contributed by atoms with Gasteiger partial charge in [-0.2, -0.15) is 0 Å². The lowest BCUT2D eigenvalue weighted by molar-refractivity contribution is -0.385. The van der Waals surface area contributed by atoms with Gasteiger partial charge in [0.25, 0.3) is 5.69 Å². The van der Waals surface area contributed by atoms with Crippen LogP contribution in [0.15, 0.2) is 36.4 Å². The number of esters is 1. The third-order valence-corrected chi connectivity index (χ3v) is 4.89. The normalized spacial score (nSPS) is 17.7. The summed E-state index contributed by atoms with van der Waals surface area (Å²) in [4.78, 5) is 23.1. The smallest absolute Gasteiger partial charge is 0.338 e. The number of rotatable bonds is 7. The van der Waals surface area contributed by atoms with E-state index < -0.39 is 10.9 Å². The predicted octanol–water partition coefficient (Wildman–Crippen LogP) is 3.38. The number of fused-ring (bicyclic) bond motifs is 1.